The molecule has 0 aliphatic carbocycles. The summed E-state index contributed by atoms with van der Waals surface area (Å²) < 4.78 is 0. The molecule has 1 aromatic carbocycles. The summed E-state index contributed by atoms with van der Waals surface area (Å²) in [6.07, 6.45) is 0. The summed E-state index contributed by atoms with van der Waals surface area (Å²) >= 11 is 0. The molecule has 0 amide bonds. The summed E-state index contributed by atoms with van der Waals surface area (Å²) in [6.45, 7) is 0.0206. The van der Waals surface area contributed by atoms with Gasteiger partial charge in [-0.3, -0.25) is 0 Å². The van der Waals surface area contributed by atoms with Gasteiger partial charge >= 0.3 is 21.1 Å². The second-order valence-corrected chi connectivity index (χ2v) is 1.86. The van der Waals surface area contributed by atoms with Crippen LogP contribution in [0.5, 0.6) is 0 Å². The third-order valence-corrected chi connectivity index (χ3v) is 1.11. The Hall–Kier alpha value is -0.332. The molecule has 0 saturated carbocycles. The Balaban J connectivity index is 0. The molecule has 1 rings (SSSR count). The van der Waals surface area contributed by atoms with Crippen LogP contribution in [0.4, 0.5) is 5.69 Å². The third-order valence-electron chi connectivity index (χ3n) is 1.11. The average molecular weight is 321 g/mol. The van der Waals surface area contributed by atoms with E-state index in [0.29, 0.717) is 5.69 Å². The first-order chi connectivity index (χ1) is 4.33. The van der Waals surface area contributed by atoms with Crippen molar-refractivity contribution in [3.05, 3.63) is 43.0 Å². The van der Waals surface area contributed by atoms with Crippen LogP contribution in [0.2, 0.25) is 0 Å². The van der Waals surface area contributed by atoms with Crippen molar-refractivity contribution in [2.75, 3.05) is 0 Å². The molecule has 0 aliphatic rings. The Morgan fingerprint density at radius 1 is 1.36 bits per heavy atom. The number of hydrogen-bond acceptors (Lipinski definition) is 1. The van der Waals surface area contributed by atoms with E-state index >= 15 is 0 Å². The van der Waals surface area contributed by atoms with Crippen molar-refractivity contribution in [2.45, 2.75) is 6.61 Å². The van der Waals surface area contributed by atoms with Crippen LogP contribution >= 0.6 is 0 Å². The summed E-state index contributed by atoms with van der Waals surface area (Å²) in [5, 5.41) is 8.58. The minimum atomic E-state index is 0. The van der Waals surface area contributed by atoms with Crippen LogP contribution in [0.3, 0.4) is 0 Å². The van der Waals surface area contributed by atoms with Gasteiger partial charge in [-0.15, -0.1) is 5.69 Å². The summed E-state index contributed by atoms with van der Waals surface area (Å²) in [5.74, 6) is 0. The van der Waals surface area contributed by atoms with Crippen molar-refractivity contribution in [1.29, 1.82) is 0 Å². The topological polar surface area (TPSA) is 44.0 Å². The van der Waals surface area contributed by atoms with Gasteiger partial charge in [0.2, 0.25) is 0 Å². The third kappa shape index (κ3) is 4.18. The van der Waals surface area contributed by atoms with E-state index in [0.717, 1.165) is 5.56 Å². The molecule has 0 unspecified atom stereocenters. The van der Waals surface area contributed by atoms with Gasteiger partial charge in [-0.2, -0.15) is 0 Å². The van der Waals surface area contributed by atoms with Gasteiger partial charge in [0.1, 0.15) is 0 Å². The summed E-state index contributed by atoms with van der Waals surface area (Å²) in [5.41, 5.74) is 8.37. The molecule has 0 bridgehead atoms. The quantitative estimate of drug-likeness (QED) is 0.793. The second-order valence-electron chi connectivity index (χ2n) is 1.86. The Morgan fingerprint density at radius 2 is 2.00 bits per heavy atom. The van der Waals surface area contributed by atoms with Crippen LogP contribution in [0.1, 0.15) is 5.56 Å². The fourth-order valence-corrected chi connectivity index (χ4v) is 0.670. The molecule has 11 heavy (non-hydrogen) atoms. The van der Waals surface area contributed by atoms with Crippen molar-refractivity contribution in [2.24, 2.45) is 0 Å². The minimum Gasteiger partial charge on any atom is -0.699 e. The molecule has 60 valence electrons. The summed E-state index contributed by atoms with van der Waals surface area (Å²) in [6, 6.07) is 6.87. The number of rotatable bonds is 1. The van der Waals surface area contributed by atoms with Crippen molar-refractivity contribution in [1.82, 2.24) is 0 Å². The molecule has 1 aromatic rings. The molecule has 0 atom stereocenters. The zero-order chi connectivity index (χ0) is 6.69. The molecule has 3 heteroatoms. The zero-order valence-electron chi connectivity index (χ0n) is 6.37. The Kier molecular flexibility index (Phi) is 7.70. The molecular formula is C8H11NOW. The molecule has 0 fully saturated rings. The molecule has 0 heterocycles. The van der Waals surface area contributed by atoms with E-state index in [9.17, 15) is 0 Å². The predicted octanol–water partition coefficient (Wildman–Crippen LogP) is 2.31. The van der Waals surface area contributed by atoms with Crippen molar-refractivity contribution < 1.29 is 26.2 Å². The van der Waals surface area contributed by atoms with E-state index < -0.39 is 0 Å². The molecule has 0 saturated heterocycles. The molecular weight excluding hydrogens is 310 g/mol. The van der Waals surface area contributed by atoms with Gasteiger partial charge in [-0.1, -0.05) is 24.3 Å². The van der Waals surface area contributed by atoms with Gasteiger partial charge in [0.05, 0.1) is 6.61 Å². The monoisotopic (exact) mass is 321 g/mol. The van der Waals surface area contributed by atoms with Gasteiger partial charge in [0, 0.05) is 0 Å². The standard InChI is InChI=1S/C7H8NO.CH3.W/c8-7-3-1-2-6(4-7)5-9;;/h1-4,8-9H,5H2;1H3;/q2*-1;+2. The maximum Gasteiger partial charge on any atom is 2.00 e. The number of aliphatic hydroxyl groups excluding tert-OH is 1. The maximum atomic E-state index is 8.58. The van der Waals surface area contributed by atoms with E-state index in [1.54, 1.807) is 24.3 Å². The van der Waals surface area contributed by atoms with Crippen LogP contribution in [-0.2, 0) is 27.7 Å². The second kappa shape index (κ2) is 6.38. The van der Waals surface area contributed by atoms with Gasteiger partial charge in [-0.25, -0.2) is 0 Å². The smallest absolute Gasteiger partial charge is 0.699 e. The molecule has 0 aromatic heterocycles. The fraction of sp³-hybridized carbons (Fsp3) is 0.125. The predicted molar refractivity (Wildman–Crippen MR) is 42.8 cm³/mol. The van der Waals surface area contributed by atoms with Crippen molar-refractivity contribution in [3.8, 4) is 0 Å². The van der Waals surface area contributed by atoms with Crippen LogP contribution in [0.25, 0.3) is 5.73 Å². The Morgan fingerprint density at radius 3 is 2.36 bits per heavy atom. The normalized spacial score (nSPS) is 7.73. The summed E-state index contributed by atoms with van der Waals surface area (Å²) in [7, 11) is 0. The molecule has 0 radical (unpaired) electrons. The zero-order valence-corrected chi connectivity index (χ0v) is 9.31. The van der Waals surface area contributed by atoms with E-state index in [1.807, 2.05) is 0 Å². The van der Waals surface area contributed by atoms with E-state index in [2.05, 4.69) is 0 Å². The maximum absolute atomic E-state index is 8.58. The summed E-state index contributed by atoms with van der Waals surface area (Å²) in [4.78, 5) is 0. The molecule has 2 N–H and O–H groups in total. The van der Waals surface area contributed by atoms with E-state index in [1.165, 1.54) is 0 Å². The van der Waals surface area contributed by atoms with Crippen LogP contribution in [-0.4, -0.2) is 5.11 Å². The van der Waals surface area contributed by atoms with E-state index in [-0.39, 0.29) is 35.1 Å². The first-order valence-corrected chi connectivity index (χ1v) is 2.74. The van der Waals surface area contributed by atoms with Gasteiger partial charge in [0.15, 0.2) is 0 Å². The number of benzene rings is 1. The first kappa shape index (κ1) is 13.3. The molecule has 0 spiro atoms. The number of aliphatic hydroxyl groups is 1. The van der Waals surface area contributed by atoms with Gasteiger partial charge < -0.3 is 18.3 Å². The van der Waals surface area contributed by atoms with Crippen LogP contribution in [0.15, 0.2) is 24.3 Å². The van der Waals surface area contributed by atoms with Gasteiger partial charge in [0.25, 0.3) is 0 Å². The van der Waals surface area contributed by atoms with Crippen LogP contribution < -0.4 is 0 Å². The Labute approximate surface area is 81.7 Å². The average Bonchev–Trinajstić information content (AvgIpc) is 1.88. The first-order valence-electron chi connectivity index (χ1n) is 2.74. The Bertz CT molecular complexity index is 203. The van der Waals surface area contributed by atoms with Crippen LogP contribution in [0, 0.1) is 7.43 Å². The van der Waals surface area contributed by atoms with Crippen molar-refractivity contribution in [3.63, 3.8) is 0 Å². The fourth-order valence-electron chi connectivity index (χ4n) is 0.670. The minimum absolute atomic E-state index is 0. The number of nitrogens with one attached hydrogen (secondary N) is 1. The van der Waals surface area contributed by atoms with Crippen molar-refractivity contribution >= 4 is 5.69 Å². The molecule has 2 nitrogen and oxygen atoms in total. The SMILES string of the molecule is [CH3-].[NH-]c1cccc(CO)c1.[W+2]. The van der Waals surface area contributed by atoms with E-state index in [4.69, 9.17) is 10.8 Å². The molecule has 0 aliphatic heterocycles. The number of hydrogen-bond donors (Lipinski definition) is 1. The largest absolute Gasteiger partial charge is 2.00 e. The van der Waals surface area contributed by atoms with Gasteiger partial charge in [-0.05, 0) is 5.56 Å².